The Morgan fingerprint density at radius 1 is 1.18 bits per heavy atom. The largest absolute Gasteiger partial charge is 0.471 e. The molecule has 2 saturated heterocycles. The number of nitrogens with one attached hydrogen (secondary N) is 3. The number of hydrogen-bond acceptors (Lipinski definition) is 5. The van der Waals surface area contributed by atoms with Crippen molar-refractivity contribution in [2.75, 3.05) is 13.1 Å². The molecule has 9 nitrogen and oxygen atoms in total. The van der Waals surface area contributed by atoms with Crippen molar-refractivity contribution in [3.63, 3.8) is 0 Å². The van der Waals surface area contributed by atoms with Crippen LogP contribution in [0.4, 0.5) is 13.2 Å². The Bertz CT molecular complexity index is 1020. The van der Waals surface area contributed by atoms with Crippen LogP contribution in [0.1, 0.15) is 53.9 Å². The lowest BCUT2D eigenvalue weighted by Crippen LogP contribution is -2.61. The molecule has 0 bridgehead atoms. The van der Waals surface area contributed by atoms with Gasteiger partial charge in [-0.1, -0.05) is 41.2 Å². The molecule has 3 rings (SSSR count). The molecule has 3 fully saturated rings. The highest BCUT2D eigenvalue weighted by Gasteiger charge is 2.70. The molecule has 0 spiro atoms. The van der Waals surface area contributed by atoms with E-state index in [-0.39, 0.29) is 54.2 Å². The topological polar surface area (TPSA) is 125 Å². The van der Waals surface area contributed by atoms with Crippen molar-refractivity contribution in [3.8, 4) is 0 Å². The predicted octanol–water partition coefficient (Wildman–Crippen LogP) is 1.72. The van der Waals surface area contributed by atoms with Crippen molar-refractivity contribution in [2.24, 2.45) is 28.6 Å². The van der Waals surface area contributed by atoms with Crippen LogP contribution in [0.25, 0.3) is 0 Å². The van der Waals surface area contributed by atoms with E-state index in [1.54, 1.807) is 0 Å². The standard InChI is InChI=1S/C26H37F3N4O5/c1-7-15(34)11-14(10-13-8-9-30-20(13)35)31-21(36)18-17-16(25(17,5)6)12-33(18)22(37)19(24(2,3)4)32-23(38)26(27,28)29/h7,13-14,16-19H,1,8-12H2,2-6H3,(H,30,35)(H,31,36)(H,32,38)/t13-,14-,16-,17-,18-,19+/m0/s1. The Balaban J connectivity index is 1.85. The van der Waals surface area contributed by atoms with Crippen molar-refractivity contribution < 1.29 is 37.1 Å². The minimum Gasteiger partial charge on any atom is -0.356 e. The van der Waals surface area contributed by atoms with Gasteiger partial charge in [0.15, 0.2) is 5.78 Å². The summed E-state index contributed by atoms with van der Waals surface area (Å²) in [5.74, 6) is -4.68. The molecule has 3 N–H and O–H groups in total. The molecule has 3 aliphatic rings. The highest BCUT2D eigenvalue weighted by atomic mass is 19.4. The predicted molar refractivity (Wildman–Crippen MR) is 131 cm³/mol. The third-order valence-corrected chi connectivity index (χ3v) is 8.16. The van der Waals surface area contributed by atoms with Crippen LogP contribution in [0.2, 0.25) is 0 Å². The first-order valence-electron chi connectivity index (χ1n) is 12.8. The third kappa shape index (κ3) is 6.04. The number of amides is 4. The zero-order valence-corrected chi connectivity index (χ0v) is 22.4. The maximum absolute atomic E-state index is 13.7. The van der Waals surface area contributed by atoms with Gasteiger partial charge in [0.05, 0.1) is 0 Å². The van der Waals surface area contributed by atoms with Crippen molar-refractivity contribution in [1.29, 1.82) is 0 Å². The zero-order chi connectivity index (χ0) is 28.8. The summed E-state index contributed by atoms with van der Waals surface area (Å²) in [4.78, 5) is 64.6. The molecule has 4 amide bonds. The summed E-state index contributed by atoms with van der Waals surface area (Å²) in [5, 5.41) is 7.39. The van der Waals surface area contributed by atoms with E-state index >= 15 is 0 Å². The van der Waals surface area contributed by atoms with Gasteiger partial charge < -0.3 is 20.9 Å². The van der Waals surface area contributed by atoms with Gasteiger partial charge in [0, 0.05) is 31.5 Å². The first-order valence-corrected chi connectivity index (χ1v) is 12.8. The average molecular weight is 543 g/mol. The van der Waals surface area contributed by atoms with Gasteiger partial charge in [0.2, 0.25) is 17.7 Å². The first kappa shape index (κ1) is 29.6. The van der Waals surface area contributed by atoms with Gasteiger partial charge >= 0.3 is 12.1 Å². The molecule has 0 radical (unpaired) electrons. The fourth-order valence-corrected chi connectivity index (χ4v) is 5.86. The van der Waals surface area contributed by atoms with Gasteiger partial charge in [-0.3, -0.25) is 24.0 Å². The van der Waals surface area contributed by atoms with Gasteiger partial charge in [-0.15, -0.1) is 0 Å². The molecule has 2 aliphatic heterocycles. The molecule has 1 saturated carbocycles. The second-order valence-corrected chi connectivity index (χ2v) is 12.3. The normalized spacial score (nSPS) is 27.6. The van der Waals surface area contributed by atoms with Gasteiger partial charge in [-0.2, -0.15) is 13.2 Å². The maximum atomic E-state index is 13.7. The van der Waals surface area contributed by atoms with E-state index in [9.17, 15) is 37.1 Å². The molecule has 1 aliphatic carbocycles. The molecule has 12 heteroatoms. The number of hydrogen-bond donors (Lipinski definition) is 3. The van der Waals surface area contributed by atoms with E-state index in [2.05, 4.69) is 17.2 Å². The van der Waals surface area contributed by atoms with Gasteiger partial charge in [-0.05, 0) is 41.6 Å². The Morgan fingerprint density at radius 2 is 1.82 bits per heavy atom. The monoisotopic (exact) mass is 542 g/mol. The van der Waals surface area contributed by atoms with Crippen LogP contribution in [0, 0.1) is 28.6 Å². The molecule has 2 heterocycles. The lowest BCUT2D eigenvalue weighted by atomic mass is 9.85. The summed E-state index contributed by atoms with van der Waals surface area (Å²) in [6.45, 7) is 12.6. The fourth-order valence-electron chi connectivity index (χ4n) is 5.86. The Morgan fingerprint density at radius 3 is 2.32 bits per heavy atom. The number of rotatable bonds is 9. The number of ketones is 1. The highest BCUT2D eigenvalue weighted by Crippen LogP contribution is 2.65. The van der Waals surface area contributed by atoms with E-state index in [0.29, 0.717) is 13.0 Å². The molecule has 212 valence electrons. The molecule has 0 unspecified atom stereocenters. The number of alkyl halides is 3. The van der Waals surface area contributed by atoms with Gasteiger partial charge in [0.1, 0.15) is 12.1 Å². The smallest absolute Gasteiger partial charge is 0.356 e. The second-order valence-electron chi connectivity index (χ2n) is 12.3. The minimum atomic E-state index is -5.17. The van der Waals surface area contributed by atoms with Gasteiger partial charge in [-0.25, -0.2) is 0 Å². The highest BCUT2D eigenvalue weighted by molar-refractivity contribution is 5.95. The summed E-state index contributed by atoms with van der Waals surface area (Å²) >= 11 is 0. The number of halogens is 3. The van der Waals surface area contributed by atoms with Crippen molar-refractivity contribution in [1.82, 2.24) is 20.9 Å². The summed E-state index contributed by atoms with van der Waals surface area (Å²) in [5.41, 5.74) is -1.35. The molecule has 0 aromatic heterocycles. The Hall–Kier alpha value is -2.92. The quantitative estimate of drug-likeness (QED) is 0.383. The molecule has 0 aromatic rings. The number of carbonyl (C=O) groups excluding carboxylic acids is 5. The number of carbonyl (C=O) groups is 5. The van der Waals surface area contributed by atoms with Crippen LogP contribution in [0.15, 0.2) is 12.7 Å². The molecule has 6 atom stereocenters. The van der Waals surface area contributed by atoms with E-state index in [1.807, 2.05) is 19.2 Å². The van der Waals surface area contributed by atoms with Crippen LogP contribution in [-0.2, 0) is 24.0 Å². The van der Waals surface area contributed by atoms with Crippen molar-refractivity contribution in [3.05, 3.63) is 12.7 Å². The summed E-state index contributed by atoms with van der Waals surface area (Å²) in [6.07, 6.45) is -3.33. The van der Waals surface area contributed by atoms with Crippen LogP contribution < -0.4 is 16.0 Å². The van der Waals surface area contributed by atoms with Gasteiger partial charge in [0.25, 0.3) is 0 Å². The van der Waals surface area contributed by atoms with E-state index < -0.39 is 47.4 Å². The number of nitrogens with zero attached hydrogens (tertiary/aromatic N) is 1. The summed E-state index contributed by atoms with van der Waals surface area (Å²) < 4.78 is 39.1. The lowest BCUT2D eigenvalue weighted by molar-refractivity contribution is -0.176. The number of allylic oxidation sites excluding steroid dienone is 1. The SMILES string of the molecule is C=CC(=O)C[C@H](C[C@@H]1CCNC1=O)NC(=O)[C@@H]1[C@@H]2[C@H](CN1C(=O)[C@@H](NC(=O)C(F)(F)F)C(C)(C)C)C2(C)C. The van der Waals surface area contributed by atoms with E-state index in [1.165, 1.54) is 25.7 Å². The van der Waals surface area contributed by atoms with Crippen molar-refractivity contribution >= 4 is 29.4 Å². The van der Waals surface area contributed by atoms with Crippen LogP contribution in [-0.4, -0.2) is 71.7 Å². The first-order chi connectivity index (χ1) is 17.4. The number of fused-ring (bicyclic) bond motifs is 1. The van der Waals surface area contributed by atoms with E-state index in [4.69, 9.17) is 0 Å². The van der Waals surface area contributed by atoms with E-state index in [0.717, 1.165) is 6.08 Å². The number of piperidine rings is 1. The third-order valence-electron chi connectivity index (χ3n) is 8.16. The Kier molecular flexibility index (Phi) is 8.06. The summed E-state index contributed by atoms with van der Waals surface area (Å²) in [7, 11) is 0. The minimum absolute atomic E-state index is 0.0463. The van der Waals surface area contributed by atoms with Crippen LogP contribution >= 0.6 is 0 Å². The molecule has 38 heavy (non-hydrogen) atoms. The van der Waals surface area contributed by atoms with Crippen molar-refractivity contribution in [2.45, 2.75) is 78.2 Å². The average Bonchev–Trinajstić information content (AvgIpc) is 3.15. The van der Waals surface area contributed by atoms with Crippen LogP contribution in [0.3, 0.4) is 0 Å². The zero-order valence-electron chi connectivity index (χ0n) is 22.4. The maximum Gasteiger partial charge on any atom is 0.471 e. The number of likely N-dealkylation sites (tertiary alicyclic amines) is 1. The lowest BCUT2D eigenvalue weighted by Gasteiger charge is -2.38. The molecular formula is C26H37F3N4O5. The van der Waals surface area contributed by atoms with Crippen LogP contribution in [0.5, 0.6) is 0 Å². The molecule has 0 aromatic carbocycles. The summed E-state index contributed by atoms with van der Waals surface area (Å²) in [6, 6.07) is -3.20. The molecular weight excluding hydrogens is 505 g/mol. The Labute approximate surface area is 220 Å². The fraction of sp³-hybridized carbons (Fsp3) is 0.731. The second kappa shape index (κ2) is 10.3.